The molecule has 0 unspecified atom stereocenters. The first-order valence-corrected chi connectivity index (χ1v) is 10.8. The summed E-state index contributed by atoms with van der Waals surface area (Å²) in [6.07, 6.45) is 1.73. The Balaban J connectivity index is 1.67. The fourth-order valence-corrected chi connectivity index (χ4v) is 5.36. The molecule has 2 aromatic rings. The molecule has 0 atom stereocenters. The third-order valence-electron chi connectivity index (χ3n) is 3.97. The van der Waals surface area contributed by atoms with Gasteiger partial charge in [0, 0.05) is 29.6 Å². The number of hydrogen-bond donors (Lipinski definition) is 1. The Labute approximate surface area is 158 Å². The summed E-state index contributed by atoms with van der Waals surface area (Å²) in [6.45, 7) is 8.42. The maximum atomic E-state index is 12.7. The SMILES string of the molecule is CC(C)(C)c1nccc(NCc2ccc(S(=O)(=O)N3CCOCC3)s2)n1. The van der Waals surface area contributed by atoms with Crippen LogP contribution in [-0.2, 0) is 26.7 Å². The lowest BCUT2D eigenvalue weighted by molar-refractivity contribution is 0.0731. The summed E-state index contributed by atoms with van der Waals surface area (Å²) in [5.41, 5.74) is -0.125. The van der Waals surface area contributed by atoms with Gasteiger partial charge in [-0.3, -0.25) is 0 Å². The molecule has 0 bridgehead atoms. The van der Waals surface area contributed by atoms with Gasteiger partial charge in [-0.1, -0.05) is 20.8 Å². The lowest BCUT2D eigenvalue weighted by Crippen LogP contribution is -2.40. The minimum Gasteiger partial charge on any atom is -0.379 e. The molecule has 0 aliphatic carbocycles. The Bertz CT molecular complexity index is 853. The lowest BCUT2D eigenvalue weighted by atomic mass is 9.96. The maximum Gasteiger partial charge on any atom is 0.252 e. The van der Waals surface area contributed by atoms with Gasteiger partial charge in [-0.15, -0.1) is 11.3 Å². The highest BCUT2D eigenvalue weighted by molar-refractivity contribution is 7.91. The first-order chi connectivity index (χ1) is 12.3. The largest absolute Gasteiger partial charge is 0.379 e. The predicted octanol–water partition coefficient (Wildman–Crippen LogP) is 2.47. The summed E-state index contributed by atoms with van der Waals surface area (Å²) in [5, 5.41) is 3.25. The topological polar surface area (TPSA) is 84.4 Å². The number of aromatic nitrogens is 2. The molecule has 3 heterocycles. The zero-order chi connectivity index (χ0) is 18.8. The second kappa shape index (κ2) is 7.59. The number of morpholine rings is 1. The number of sulfonamides is 1. The van der Waals surface area contributed by atoms with Gasteiger partial charge in [0.2, 0.25) is 0 Å². The normalized spacial score (nSPS) is 16.6. The molecule has 7 nitrogen and oxygen atoms in total. The van der Waals surface area contributed by atoms with Crippen LogP contribution >= 0.6 is 11.3 Å². The molecule has 2 aromatic heterocycles. The Hall–Kier alpha value is -1.55. The van der Waals surface area contributed by atoms with E-state index in [1.807, 2.05) is 12.1 Å². The average molecular weight is 397 g/mol. The summed E-state index contributed by atoms with van der Waals surface area (Å²) < 4.78 is 32.4. The van der Waals surface area contributed by atoms with Crippen LogP contribution in [0.5, 0.6) is 0 Å². The van der Waals surface area contributed by atoms with Crippen molar-refractivity contribution in [3.8, 4) is 0 Å². The van der Waals surface area contributed by atoms with Crippen LogP contribution < -0.4 is 5.32 Å². The van der Waals surface area contributed by atoms with E-state index in [1.54, 1.807) is 12.3 Å². The van der Waals surface area contributed by atoms with E-state index in [-0.39, 0.29) is 5.41 Å². The Morgan fingerprint density at radius 1 is 1.23 bits per heavy atom. The van der Waals surface area contributed by atoms with Crippen LogP contribution in [0.3, 0.4) is 0 Å². The maximum absolute atomic E-state index is 12.7. The highest BCUT2D eigenvalue weighted by atomic mass is 32.2. The standard InChI is InChI=1S/C17H24N4O3S2/c1-17(2,3)16-18-7-6-14(20-16)19-12-13-4-5-15(25-13)26(22,23)21-8-10-24-11-9-21/h4-7H,8-12H2,1-3H3,(H,18,19,20). The van der Waals surface area contributed by atoms with Gasteiger partial charge in [0.25, 0.3) is 10.0 Å². The van der Waals surface area contributed by atoms with Gasteiger partial charge in [-0.25, -0.2) is 18.4 Å². The summed E-state index contributed by atoms with van der Waals surface area (Å²) >= 11 is 1.29. The smallest absolute Gasteiger partial charge is 0.252 e. The first kappa shape index (κ1) is 19.2. The molecule has 0 amide bonds. The van der Waals surface area contributed by atoms with Gasteiger partial charge < -0.3 is 10.1 Å². The van der Waals surface area contributed by atoms with Crippen LogP contribution in [0.25, 0.3) is 0 Å². The van der Waals surface area contributed by atoms with Crippen LogP contribution in [0.2, 0.25) is 0 Å². The van der Waals surface area contributed by atoms with Crippen molar-refractivity contribution in [2.45, 2.75) is 36.9 Å². The third-order valence-corrected chi connectivity index (χ3v) is 7.42. The summed E-state index contributed by atoms with van der Waals surface area (Å²) in [5.74, 6) is 1.50. The summed E-state index contributed by atoms with van der Waals surface area (Å²) in [7, 11) is -3.43. The number of hydrogen-bond acceptors (Lipinski definition) is 7. The van der Waals surface area contributed by atoms with Gasteiger partial charge in [0.15, 0.2) is 0 Å². The van der Waals surface area contributed by atoms with Gasteiger partial charge in [0.05, 0.1) is 19.8 Å². The molecule has 3 rings (SSSR count). The first-order valence-electron chi connectivity index (χ1n) is 8.51. The minimum absolute atomic E-state index is 0.125. The van der Waals surface area contributed by atoms with Gasteiger partial charge in [-0.2, -0.15) is 4.31 Å². The molecule has 9 heteroatoms. The number of anilines is 1. The molecule has 26 heavy (non-hydrogen) atoms. The highest BCUT2D eigenvalue weighted by Gasteiger charge is 2.27. The van der Waals surface area contributed by atoms with Crippen molar-refractivity contribution in [2.75, 3.05) is 31.6 Å². The van der Waals surface area contributed by atoms with E-state index in [1.165, 1.54) is 15.6 Å². The summed E-state index contributed by atoms with van der Waals surface area (Å²) in [4.78, 5) is 9.78. The van der Waals surface area contributed by atoms with E-state index < -0.39 is 10.0 Å². The zero-order valence-corrected chi connectivity index (χ0v) is 16.9. The molecular formula is C17H24N4O3S2. The quantitative estimate of drug-likeness (QED) is 0.836. The number of rotatable bonds is 5. The van der Waals surface area contributed by atoms with Crippen molar-refractivity contribution in [1.29, 1.82) is 0 Å². The van der Waals surface area contributed by atoms with Gasteiger partial charge >= 0.3 is 0 Å². The van der Waals surface area contributed by atoms with Crippen molar-refractivity contribution in [3.63, 3.8) is 0 Å². The van der Waals surface area contributed by atoms with E-state index in [0.29, 0.717) is 37.1 Å². The molecule has 1 fully saturated rings. The van der Waals surface area contributed by atoms with Crippen LogP contribution in [0.4, 0.5) is 5.82 Å². The predicted molar refractivity (Wildman–Crippen MR) is 102 cm³/mol. The van der Waals surface area contributed by atoms with Crippen LogP contribution in [0.15, 0.2) is 28.6 Å². The van der Waals surface area contributed by atoms with E-state index in [9.17, 15) is 8.42 Å². The zero-order valence-electron chi connectivity index (χ0n) is 15.2. The Morgan fingerprint density at radius 2 is 1.96 bits per heavy atom. The minimum atomic E-state index is -3.43. The molecule has 0 saturated carbocycles. The molecule has 0 radical (unpaired) electrons. The second-order valence-electron chi connectivity index (χ2n) is 7.11. The molecular weight excluding hydrogens is 372 g/mol. The van der Waals surface area contributed by atoms with E-state index in [0.717, 1.165) is 16.5 Å². The number of nitrogens with one attached hydrogen (secondary N) is 1. The van der Waals surface area contributed by atoms with E-state index >= 15 is 0 Å². The molecule has 1 saturated heterocycles. The fraction of sp³-hybridized carbons (Fsp3) is 0.529. The average Bonchev–Trinajstić information content (AvgIpc) is 3.10. The fourth-order valence-electron chi connectivity index (χ4n) is 2.50. The van der Waals surface area contributed by atoms with Crippen molar-refractivity contribution in [3.05, 3.63) is 35.1 Å². The lowest BCUT2D eigenvalue weighted by Gasteiger charge is -2.25. The molecule has 0 spiro atoms. The number of nitrogens with zero attached hydrogens (tertiary/aromatic N) is 3. The van der Waals surface area contributed by atoms with Crippen LogP contribution in [0.1, 0.15) is 31.5 Å². The molecule has 1 N–H and O–H groups in total. The monoisotopic (exact) mass is 396 g/mol. The van der Waals surface area contributed by atoms with Gasteiger partial charge in [0.1, 0.15) is 15.9 Å². The van der Waals surface area contributed by atoms with Crippen LogP contribution in [-0.4, -0.2) is 49.0 Å². The second-order valence-corrected chi connectivity index (χ2v) is 10.4. The molecule has 142 valence electrons. The Kier molecular flexibility index (Phi) is 5.61. The van der Waals surface area contributed by atoms with Crippen molar-refractivity contribution in [2.24, 2.45) is 0 Å². The summed E-state index contributed by atoms with van der Waals surface area (Å²) in [6, 6.07) is 5.33. The van der Waals surface area contributed by atoms with Crippen molar-refractivity contribution >= 4 is 27.2 Å². The molecule has 0 aromatic carbocycles. The number of ether oxygens (including phenoxy) is 1. The third kappa shape index (κ3) is 4.40. The van der Waals surface area contributed by atoms with Crippen molar-refractivity contribution in [1.82, 2.24) is 14.3 Å². The highest BCUT2D eigenvalue weighted by Crippen LogP contribution is 2.26. The van der Waals surface area contributed by atoms with Gasteiger partial charge in [-0.05, 0) is 18.2 Å². The van der Waals surface area contributed by atoms with E-state index in [2.05, 4.69) is 36.1 Å². The van der Waals surface area contributed by atoms with Crippen LogP contribution in [0, 0.1) is 0 Å². The number of thiophene rings is 1. The molecule has 1 aliphatic heterocycles. The molecule has 1 aliphatic rings. The Morgan fingerprint density at radius 3 is 2.65 bits per heavy atom. The van der Waals surface area contributed by atoms with Crippen molar-refractivity contribution < 1.29 is 13.2 Å². The van der Waals surface area contributed by atoms with E-state index in [4.69, 9.17) is 4.74 Å².